The van der Waals surface area contributed by atoms with E-state index in [9.17, 15) is 0 Å². The van der Waals surface area contributed by atoms with E-state index in [1.54, 1.807) is 0 Å². The molecule has 3 nitrogen and oxygen atoms in total. The van der Waals surface area contributed by atoms with Crippen molar-refractivity contribution in [3.8, 4) is 0 Å². The van der Waals surface area contributed by atoms with Gasteiger partial charge in [0.2, 0.25) is 0 Å². The van der Waals surface area contributed by atoms with Crippen LogP contribution in [0.2, 0.25) is 0 Å². The lowest BCUT2D eigenvalue weighted by atomic mass is 10.1. The van der Waals surface area contributed by atoms with Crippen molar-refractivity contribution in [3.63, 3.8) is 0 Å². The van der Waals surface area contributed by atoms with Crippen LogP contribution < -0.4 is 0 Å². The molecule has 3 heteroatoms. The number of likely N-dealkylation sites (tertiary alicyclic amines) is 1. The molecule has 0 amide bonds. The number of hydrogen-bond acceptors (Lipinski definition) is 3. The molecule has 1 heterocycles. The summed E-state index contributed by atoms with van der Waals surface area (Å²) in [5.41, 5.74) is 0. The van der Waals surface area contributed by atoms with E-state index in [0.29, 0.717) is 12.1 Å². The monoisotopic (exact) mass is 172 g/mol. The maximum absolute atomic E-state index is 8.72. The van der Waals surface area contributed by atoms with Gasteiger partial charge in [-0.1, -0.05) is 0 Å². The van der Waals surface area contributed by atoms with Gasteiger partial charge >= 0.3 is 0 Å². The Morgan fingerprint density at radius 2 is 2.08 bits per heavy atom. The summed E-state index contributed by atoms with van der Waals surface area (Å²) >= 11 is 0. The normalized spacial score (nSPS) is 20.5. The van der Waals surface area contributed by atoms with Crippen LogP contribution in [-0.4, -0.2) is 60.3 Å². The maximum atomic E-state index is 8.72. The van der Waals surface area contributed by atoms with Gasteiger partial charge in [-0.2, -0.15) is 0 Å². The van der Waals surface area contributed by atoms with Gasteiger partial charge in [0.05, 0.1) is 6.61 Å². The van der Waals surface area contributed by atoms with E-state index in [2.05, 4.69) is 30.7 Å². The van der Waals surface area contributed by atoms with Gasteiger partial charge in [0.25, 0.3) is 0 Å². The minimum absolute atomic E-state index is 0.272. The zero-order chi connectivity index (χ0) is 9.14. The summed E-state index contributed by atoms with van der Waals surface area (Å²) < 4.78 is 0. The Hall–Kier alpha value is -0.120. The molecule has 0 bridgehead atoms. The Labute approximate surface area is 75.0 Å². The Morgan fingerprint density at radius 3 is 2.50 bits per heavy atom. The zero-order valence-corrected chi connectivity index (χ0v) is 8.32. The molecule has 0 spiro atoms. The molecule has 1 fully saturated rings. The maximum Gasteiger partial charge on any atom is 0.0558 e. The first-order valence-corrected chi connectivity index (χ1v) is 4.70. The molecule has 0 aliphatic carbocycles. The van der Waals surface area contributed by atoms with Gasteiger partial charge < -0.3 is 5.11 Å². The second-order valence-electron chi connectivity index (χ2n) is 3.91. The minimum Gasteiger partial charge on any atom is -0.395 e. The summed E-state index contributed by atoms with van der Waals surface area (Å²) in [6, 6.07) is 1.34. The van der Waals surface area contributed by atoms with Gasteiger partial charge in [-0.3, -0.25) is 9.80 Å². The van der Waals surface area contributed by atoms with Crippen LogP contribution in [0.4, 0.5) is 0 Å². The van der Waals surface area contributed by atoms with Crippen LogP contribution in [0, 0.1) is 0 Å². The quantitative estimate of drug-likeness (QED) is 0.647. The molecular weight excluding hydrogens is 152 g/mol. The van der Waals surface area contributed by atoms with E-state index < -0.39 is 0 Å². The third-order valence-electron chi connectivity index (χ3n) is 2.70. The lowest BCUT2D eigenvalue weighted by molar-refractivity contribution is 0.0204. The first kappa shape index (κ1) is 9.96. The highest BCUT2D eigenvalue weighted by molar-refractivity contribution is 4.88. The van der Waals surface area contributed by atoms with Crippen molar-refractivity contribution < 1.29 is 5.11 Å². The summed E-state index contributed by atoms with van der Waals surface area (Å²) in [5, 5.41) is 8.72. The van der Waals surface area contributed by atoms with Crippen LogP contribution in [-0.2, 0) is 0 Å². The Bertz CT molecular complexity index is 132. The molecule has 0 aromatic carbocycles. The van der Waals surface area contributed by atoms with Crippen LogP contribution in [0.1, 0.15) is 13.8 Å². The van der Waals surface area contributed by atoms with Crippen molar-refractivity contribution in [1.29, 1.82) is 0 Å². The van der Waals surface area contributed by atoms with Crippen LogP contribution in [0.25, 0.3) is 0 Å². The Morgan fingerprint density at radius 1 is 1.50 bits per heavy atom. The number of nitrogens with zero attached hydrogens (tertiary/aromatic N) is 2. The number of rotatable bonds is 4. The predicted molar refractivity (Wildman–Crippen MR) is 50.2 cm³/mol. The molecule has 0 unspecified atom stereocenters. The number of aliphatic hydroxyl groups is 1. The van der Waals surface area contributed by atoms with Crippen molar-refractivity contribution in [2.75, 3.05) is 33.3 Å². The van der Waals surface area contributed by atoms with Gasteiger partial charge in [0.15, 0.2) is 0 Å². The molecule has 1 N–H and O–H groups in total. The van der Waals surface area contributed by atoms with Crippen molar-refractivity contribution in [2.24, 2.45) is 0 Å². The molecule has 1 aliphatic heterocycles. The van der Waals surface area contributed by atoms with E-state index in [0.717, 1.165) is 19.6 Å². The van der Waals surface area contributed by atoms with E-state index >= 15 is 0 Å². The SMILES string of the molecule is CC(C)N1CC(N(C)CCO)C1. The third kappa shape index (κ3) is 2.19. The Balaban J connectivity index is 2.16. The summed E-state index contributed by atoms with van der Waals surface area (Å²) in [7, 11) is 2.08. The minimum atomic E-state index is 0.272. The molecule has 0 saturated carbocycles. The molecule has 0 aromatic heterocycles. The fraction of sp³-hybridized carbons (Fsp3) is 1.00. The highest BCUT2D eigenvalue weighted by Gasteiger charge is 2.30. The second-order valence-corrected chi connectivity index (χ2v) is 3.91. The van der Waals surface area contributed by atoms with Crippen LogP contribution in [0.5, 0.6) is 0 Å². The summed E-state index contributed by atoms with van der Waals surface area (Å²) in [6.07, 6.45) is 0. The van der Waals surface area contributed by atoms with Crippen LogP contribution >= 0.6 is 0 Å². The summed E-state index contributed by atoms with van der Waals surface area (Å²) in [5.74, 6) is 0. The average Bonchev–Trinajstić information content (AvgIpc) is 1.82. The predicted octanol–water partition coefficient (Wildman–Crippen LogP) is 0.00310. The van der Waals surface area contributed by atoms with E-state index in [1.165, 1.54) is 0 Å². The van der Waals surface area contributed by atoms with Crippen molar-refractivity contribution in [1.82, 2.24) is 9.80 Å². The zero-order valence-electron chi connectivity index (χ0n) is 8.32. The van der Waals surface area contributed by atoms with Gasteiger partial charge in [0.1, 0.15) is 0 Å². The van der Waals surface area contributed by atoms with Gasteiger partial charge in [0, 0.05) is 31.7 Å². The summed E-state index contributed by atoms with van der Waals surface area (Å²) in [4.78, 5) is 4.68. The largest absolute Gasteiger partial charge is 0.395 e. The van der Waals surface area contributed by atoms with E-state index in [1.807, 2.05) is 0 Å². The molecule has 0 radical (unpaired) electrons. The third-order valence-corrected chi connectivity index (χ3v) is 2.70. The first-order valence-electron chi connectivity index (χ1n) is 4.70. The summed E-state index contributed by atoms with van der Waals surface area (Å²) in [6.45, 7) is 7.85. The molecule has 0 atom stereocenters. The molecule has 1 rings (SSSR count). The smallest absolute Gasteiger partial charge is 0.0558 e. The standard InChI is InChI=1S/C9H20N2O/c1-8(2)11-6-9(7-11)10(3)4-5-12/h8-9,12H,4-7H2,1-3H3. The van der Waals surface area contributed by atoms with Crippen molar-refractivity contribution in [2.45, 2.75) is 25.9 Å². The fourth-order valence-corrected chi connectivity index (χ4v) is 1.53. The van der Waals surface area contributed by atoms with Crippen molar-refractivity contribution in [3.05, 3.63) is 0 Å². The molecule has 0 aromatic rings. The average molecular weight is 172 g/mol. The first-order chi connectivity index (χ1) is 5.65. The van der Waals surface area contributed by atoms with E-state index in [4.69, 9.17) is 5.11 Å². The fourth-order valence-electron chi connectivity index (χ4n) is 1.53. The topological polar surface area (TPSA) is 26.7 Å². The molecular formula is C9H20N2O. The van der Waals surface area contributed by atoms with Crippen LogP contribution in [0.3, 0.4) is 0 Å². The molecule has 1 saturated heterocycles. The number of hydrogen-bond donors (Lipinski definition) is 1. The lowest BCUT2D eigenvalue weighted by Crippen LogP contribution is -2.60. The van der Waals surface area contributed by atoms with Gasteiger partial charge in [-0.15, -0.1) is 0 Å². The molecule has 72 valence electrons. The van der Waals surface area contributed by atoms with Gasteiger partial charge in [-0.25, -0.2) is 0 Å². The van der Waals surface area contributed by atoms with Crippen molar-refractivity contribution >= 4 is 0 Å². The number of likely N-dealkylation sites (N-methyl/N-ethyl adjacent to an activating group) is 1. The molecule has 12 heavy (non-hydrogen) atoms. The molecule has 1 aliphatic rings. The number of aliphatic hydroxyl groups excluding tert-OH is 1. The second kappa shape index (κ2) is 4.21. The van der Waals surface area contributed by atoms with Crippen LogP contribution in [0.15, 0.2) is 0 Å². The van der Waals surface area contributed by atoms with Gasteiger partial charge in [-0.05, 0) is 20.9 Å². The Kier molecular flexibility index (Phi) is 3.50. The lowest BCUT2D eigenvalue weighted by Gasteiger charge is -2.46. The van der Waals surface area contributed by atoms with E-state index in [-0.39, 0.29) is 6.61 Å². The highest BCUT2D eigenvalue weighted by atomic mass is 16.3. The highest BCUT2D eigenvalue weighted by Crippen LogP contribution is 2.15.